The second-order valence-corrected chi connectivity index (χ2v) is 5.57. The van der Waals surface area contributed by atoms with Gasteiger partial charge in [0.1, 0.15) is 0 Å². The maximum atomic E-state index is 10.6. The molecule has 19 heavy (non-hydrogen) atoms. The lowest BCUT2D eigenvalue weighted by Crippen LogP contribution is -2.17. The van der Waals surface area contributed by atoms with Crippen LogP contribution in [0.3, 0.4) is 0 Å². The fourth-order valence-corrected chi connectivity index (χ4v) is 2.75. The summed E-state index contributed by atoms with van der Waals surface area (Å²) < 4.78 is 0. The molecule has 0 aliphatic rings. The summed E-state index contributed by atoms with van der Waals surface area (Å²) >= 11 is 1.54. The Balaban J connectivity index is 1.88. The molecule has 0 radical (unpaired) electrons. The van der Waals surface area contributed by atoms with Crippen molar-refractivity contribution >= 4 is 17.3 Å². The standard InChI is InChI=1S/C14H16N2O2S/c1-10(11-4-6-15-7-5-11)16-9-13-3-2-12(19-13)8-14(17)18/h2-7,10,16H,8-9H2,1H3,(H,17,18). The van der Waals surface area contributed by atoms with Crippen LogP contribution in [0, 0.1) is 0 Å². The van der Waals surface area contributed by atoms with Crippen molar-refractivity contribution in [2.24, 2.45) is 0 Å². The Morgan fingerprint density at radius 1 is 1.32 bits per heavy atom. The zero-order valence-corrected chi connectivity index (χ0v) is 11.5. The van der Waals surface area contributed by atoms with Crippen molar-refractivity contribution in [3.05, 3.63) is 52.0 Å². The molecule has 2 N–H and O–H groups in total. The van der Waals surface area contributed by atoms with Crippen molar-refractivity contribution in [3.63, 3.8) is 0 Å². The van der Waals surface area contributed by atoms with E-state index < -0.39 is 5.97 Å². The van der Waals surface area contributed by atoms with Crippen LogP contribution in [-0.2, 0) is 17.8 Å². The van der Waals surface area contributed by atoms with Gasteiger partial charge in [0.25, 0.3) is 0 Å². The molecule has 2 aromatic heterocycles. The van der Waals surface area contributed by atoms with Crippen molar-refractivity contribution in [2.45, 2.75) is 25.9 Å². The highest BCUT2D eigenvalue weighted by Gasteiger charge is 2.07. The van der Waals surface area contributed by atoms with Gasteiger partial charge in [0.15, 0.2) is 0 Å². The van der Waals surface area contributed by atoms with Gasteiger partial charge in [-0.1, -0.05) is 0 Å². The van der Waals surface area contributed by atoms with E-state index in [2.05, 4.69) is 17.2 Å². The molecule has 0 aliphatic carbocycles. The fraction of sp³-hybridized carbons (Fsp3) is 0.286. The Morgan fingerprint density at radius 2 is 2.00 bits per heavy atom. The van der Waals surface area contributed by atoms with Crippen molar-refractivity contribution in [3.8, 4) is 0 Å². The molecule has 2 heterocycles. The first-order valence-electron chi connectivity index (χ1n) is 6.08. The Morgan fingerprint density at radius 3 is 2.68 bits per heavy atom. The minimum Gasteiger partial charge on any atom is -0.481 e. The van der Waals surface area contributed by atoms with E-state index in [0.29, 0.717) is 0 Å². The molecule has 0 aromatic carbocycles. The van der Waals surface area contributed by atoms with E-state index in [9.17, 15) is 4.79 Å². The molecule has 2 aromatic rings. The van der Waals surface area contributed by atoms with Crippen LogP contribution in [0.5, 0.6) is 0 Å². The summed E-state index contributed by atoms with van der Waals surface area (Å²) in [6, 6.07) is 8.08. The Kier molecular flexibility index (Phi) is 4.65. The molecule has 0 bridgehead atoms. The Bertz CT molecular complexity index is 539. The summed E-state index contributed by atoms with van der Waals surface area (Å²) in [5.41, 5.74) is 1.19. The summed E-state index contributed by atoms with van der Waals surface area (Å²) in [6.07, 6.45) is 3.66. The molecule has 0 spiro atoms. The first kappa shape index (κ1) is 13.7. The summed E-state index contributed by atoms with van der Waals surface area (Å²) in [5.74, 6) is -0.786. The minimum atomic E-state index is -0.786. The molecule has 0 saturated carbocycles. The molecule has 1 unspecified atom stereocenters. The van der Waals surface area contributed by atoms with E-state index in [1.807, 2.05) is 24.3 Å². The average Bonchev–Trinajstić information content (AvgIpc) is 2.84. The number of carboxylic acids is 1. The van der Waals surface area contributed by atoms with E-state index in [4.69, 9.17) is 5.11 Å². The SMILES string of the molecule is CC(NCc1ccc(CC(=O)O)s1)c1ccncc1. The molecule has 100 valence electrons. The summed E-state index contributed by atoms with van der Waals surface area (Å²) in [7, 11) is 0. The van der Waals surface area contributed by atoms with E-state index in [-0.39, 0.29) is 12.5 Å². The van der Waals surface area contributed by atoms with Crippen LogP contribution in [0.4, 0.5) is 0 Å². The second-order valence-electron chi connectivity index (χ2n) is 4.32. The minimum absolute atomic E-state index is 0.102. The largest absolute Gasteiger partial charge is 0.481 e. The predicted octanol–water partition coefficient (Wildman–Crippen LogP) is 2.62. The molecule has 4 nitrogen and oxygen atoms in total. The number of rotatable bonds is 6. The lowest BCUT2D eigenvalue weighted by atomic mass is 10.1. The normalized spacial score (nSPS) is 12.3. The molecule has 0 saturated heterocycles. The van der Waals surface area contributed by atoms with Gasteiger partial charge in [-0.25, -0.2) is 0 Å². The van der Waals surface area contributed by atoms with Crippen molar-refractivity contribution in [2.75, 3.05) is 0 Å². The fourth-order valence-electron chi connectivity index (χ4n) is 1.79. The van der Waals surface area contributed by atoms with Crippen LogP contribution in [0.15, 0.2) is 36.7 Å². The highest BCUT2D eigenvalue weighted by atomic mass is 32.1. The Hall–Kier alpha value is -1.72. The van der Waals surface area contributed by atoms with E-state index in [0.717, 1.165) is 16.3 Å². The first-order chi connectivity index (χ1) is 9.15. The maximum Gasteiger partial charge on any atom is 0.308 e. The first-order valence-corrected chi connectivity index (χ1v) is 6.89. The second kappa shape index (κ2) is 6.45. The average molecular weight is 276 g/mol. The smallest absolute Gasteiger partial charge is 0.308 e. The van der Waals surface area contributed by atoms with Crippen molar-refractivity contribution < 1.29 is 9.90 Å². The highest BCUT2D eigenvalue weighted by molar-refractivity contribution is 7.12. The van der Waals surface area contributed by atoms with Crippen LogP contribution >= 0.6 is 11.3 Å². The van der Waals surface area contributed by atoms with Crippen molar-refractivity contribution in [1.82, 2.24) is 10.3 Å². The summed E-state index contributed by atoms with van der Waals surface area (Å²) in [5, 5.41) is 12.1. The van der Waals surface area contributed by atoms with Gasteiger partial charge in [-0.15, -0.1) is 11.3 Å². The van der Waals surface area contributed by atoms with Crippen LogP contribution in [-0.4, -0.2) is 16.1 Å². The van der Waals surface area contributed by atoms with Crippen LogP contribution < -0.4 is 5.32 Å². The third kappa shape index (κ3) is 4.15. The van der Waals surface area contributed by atoms with Gasteiger partial charge in [-0.3, -0.25) is 9.78 Å². The number of carbonyl (C=O) groups is 1. The van der Waals surface area contributed by atoms with Crippen LogP contribution in [0.2, 0.25) is 0 Å². The number of pyridine rings is 1. The van der Waals surface area contributed by atoms with Crippen LogP contribution in [0.25, 0.3) is 0 Å². The van der Waals surface area contributed by atoms with Gasteiger partial charge >= 0.3 is 5.97 Å². The zero-order chi connectivity index (χ0) is 13.7. The zero-order valence-electron chi connectivity index (χ0n) is 10.7. The monoisotopic (exact) mass is 276 g/mol. The van der Waals surface area contributed by atoms with Gasteiger partial charge in [0, 0.05) is 34.7 Å². The van der Waals surface area contributed by atoms with Gasteiger partial charge in [0.05, 0.1) is 6.42 Å². The number of thiophene rings is 1. The molecule has 1 atom stereocenters. The number of hydrogen-bond acceptors (Lipinski definition) is 4. The van der Waals surface area contributed by atoms with E-state index in [1.54, 1.807) is 23.7 Å². The lowest BCUT2D eigenvalue weighted by Gasteiger charge is -2.12. The molecular formula is C14H16N2O2S. The maximum absolute atomic E-state index is 10.6. The highest BCUT2D eigenvalue weighted by Crippen LogP contribution is 2.18. The van der Waals surface area contributed by atoms with Crippen molar-refractivity contribution in [1.29, 1.82) is 0 Å². The lowest BCUT2D eigenvalue weighted by molar-refractivity contribution is -0.136. The van der Waals surface area contributed by atoms with Gasteiger partial charge in [-0.2, -0.15) is 0 Å². The third-order valence-electron chi connectivity index (χ3n) is 2.83. The van der Waals surface area contributed by atoms with Gasteiger partial charge in [-0.05, 0) is 36.8 Å². The van der Waals surface area contributed by atoms with E-state index in [1.165, 1.54) is 5.56 Å². The molecule has 2 rings (SSSR count). The number of nitrogens with zero attached hydrogens (tertiary/aromatic N) is 1. The molecular weight excluding hydrogens is 260 g/mol. The molecule has 0 fully saturated rings. The predicted molar refractivity (Wildman–Crippen MR) is 75.2 cm³/mol. The van der Waals surface area contributed by atoms with Gasteiger partial charge in [0.2, 0.25) is 0 Å². The summed E-state index contributed by atoms with van der Waals surface area (Å²) in [4.78, 5) is 16.6. The topological polar surface area (TPSA) is 62.2 Å². The number of hydrogen-bond donors (Lipinski definition) is 2. The molecule has 5 heteroatoms. The number of nitrogens with one attached hydrogen (secondary N) is 1. The third-order valence-corrected chi connectivity index (χ3v) is 3.92. The molecule has 0 amide bonds. The Labute approximate surface area is 116 Å². The number of carboxylic acid groups (broad SMARTS) is 1. The number of aromatic nitrogens is 1. The summed E-state index contributed by atoms with van der Waals surface area (Å²) in [6.45, 7) is 2.84. The molecule has 0 aliphatic heterocycles. The van der Waals surface area contributed by atoms with Crippen LogP contribution in [0.1, 0.15) is 28.3 Å². The quantitative estimate of drug-likeness (QED) is 0.851. The van der Waals surface area contributed by atoms with Gasteiger partial charge < -0.3 is 10.4 Å². The number of aliphatic carboxylic acids is 1. The van der Waals surface area contributed by atoms with E-state index >= 15 is 0 Å².